The number of rotatable bonds is 7. The monoisotopic (exact) mass is 517 g/mol. The molecule has 186 valence electrons. The molecule has 34 heavy (non-hydrogen) atoms. The van der Waals surface area contributed by atoms with Crippen LogP contribution in [0.1, 0.15) is 97.0 Å². The normalized spacial score (nSPS) is 17.7. The van der Waals surface area contributed by atoms with E-state index in [4.69, 9.17) is 16.3 Å². The van der Waals surface area contributed by atoms with Gasteiger partial charge in [-0.15, -0.1) is 11.3 Å². The minimum absolute atomic E-state index is 0.151. The Morgan fingerprint density at radius 3 is 2.56 bits per heavy atom. The molecule has 2 unspecified atom stereocenters. The van der Waals surface area contributed by atoms with E-state index in [1.165, 1.54) is 18.3 Å². The van der Waals surface area contributed by atoms with Gasteiger partial charge in [0.15, 0.2) is 5.69 Å². The van der Waals surface area contributed by atoms with Gasteiger partial charge >= 0.3 is 12.1 Å². The second-order valence-corrected chi connectivity index (χ2v) is 10.5. The number of fused-ring (bicyclic) bond motifs is 1. The maximum atomic E-state index is 13.4. The number of nitrogens with zero attached hydrogens (tertiary/aromatic N) is 2. The Morgan fingerprint density at radius 2 is 1.94 bits per heavy atom. The largest absolute Gasteiger partial charge is 0.459 e. The third-order valence-electron chi connectivity index (χ3n) is 6.36. The van der Waals surface area contributed by atoms with E-state index in [1.807, 2.05) is 6.92 Å². The van der Waals surface area contributed by atoms with E-state index in [0.29, 0.717) is 29.8 Å². The van der Waals surface area contributed by atoms with Gasteiger partial charge in [0, 0.05) is 10.8 Å². The number of aryl methyl sites for hydroxylation is 1. The molecule has 0 bridgehead atoms. The molecule has 0 aliphatic heterocycles. The zero-order valence-corrected chi connectivity index (χ0v) is 20.8. The number of hydrogen-bond donors (Lipinski definition) is 1. The van der Waals surface area contributed by atoms with E-state index >= 15 is 0 Å². The third kappa shape index (κ3) is 4.84. The molecule has 1 fully saturated rings. The number of aromatic nitrogens is 2. The molecule has 6 nitrogen and oxygen atoms in total. The number of ether oxygens (including phenoxy) is 1. The maximum Gasteiger partial charge on any atom is 0.436 e. The Hall–Kier alpha value is -2.07. The summed E-state index contributed by atoms with van der Waals surface area (Å²) in [6, 6.07) is -1.05. The Kier molecular flexibility index (Phi) is 7.01. The number of esters is 1. The molecular weight excluding hydrogens is 491 g/mol. The SMILES string of the molecule is CCC(C)OC(=O)c1c(NC(=O)C(C)n2nc(C(F)(F)F)c(Cl)c2C2CC2)sc2c1CCCC2. The molecule has 2 aromatic rings. The van der Waals surface area contributed by atoms with Crippen molar-refractivity contribution in [2.24, 2.45) is 0 Å². The Bertz CT molecular complexity index is 1110. The number of halogens is 4. The maximum absolute atomic E-state index is 13.4. The summed E-state index contributed by atoms with van der Waals surface area (Å²) >= 11 is 7.39. The molecular formula is C23H27ClF3N3O3S. The van der Waals surface area contributed by atoms with Crippen molar-refractivity contribution in [3.05, 3.63) is 32.4 Å². The van der Waals surface area contributed by atoms with E-state index in [1.54, 1.807) is 6.92 Å². The fourth-order valence-corrected chi connectivity index (χ4v) is 5.82. The number of alkyl halides is 3. The Labute approximate surface area is 204 Å². The predicted molar refractivity (Wildman–Crippen MR) is 124 cm³/mol. The Morgan fingerprint density at radius 1 is 1.26 bits per heavy atom. The average molecular weight is 518 g/mol. The number of hydrogen-bond acceptors (Lipinski definition) is 5. The van der Waals surface area contributed by atoms with Crippen molar-refractivity contribution in [2.75, 3.05) is 5.32 Å². The Balaban J connectivity index is 1.65. The topological polar surface area (TPSA) is 73.2 Å². The first-order valence-corrected chi connectivity index (χ1v) is 12.7. The molecule has 2 aliphatic carbocycles. The van der Waals surface area contributed by atoms with Crippen LogP contribution in [-0.4, -0.2) is 27.8 Å². The van der Waals surface area contributed by atoms with Crippen molar-refractivity contribution in [1.29, 1.82) is 0 Å². The van der Waals surface area contributed by atoms with Gasteiger partial charge in [0.1, 0.15) is 11.0 Å². The average Bonchev–Trinajstić information content (AvgIpc) is 3.45. The van der Waals surface area contributed by atoms with Gasteiger partial charge in [-0.05, 0) is 64.4 Å². The predicted octanol–water partition coefficient (Wildman–Crippen LogP) is 6.53. The highest BCUT2D eigenvalue weighted by molar-refractivity contribution is 7.17. The van der Waals surface area contributed by atoms with Crippen LogP contribution in [0, 0.1) is 0 Å². The molecule has 4 rings (SSSR count). The van der Waals surface area contributed by atoms with Crippen LogP contribution in [-0.2, 0) is 28.5 Å². The zero-order valence-electron chi connectivity index (χ0n) is 19.2. The van der Waals surface area contributed by atoms with Crippen LogP contribution >= 0.6 is 22.9 Å². The van der Waals surface area contributed by atoms with Crippen LogP contribution in [0.15, 0.2) is 0 Å². The van der Waals surface area contributed by atoms with Crippen molar-refractivity contribution in [3.8, 4) is 0 Å². The van der Waals surface area contributed by atoms with Crippen molar-refractivity contribution in [2.45, 2.75) is 90.0 Å². The molecule has 2 heterocycles. The third-order valence-corrected chi connectivity index (χ3v) is 7.94. The number of carbonyl (C=O) groups excluding carboxylic acids is 2. The molecule has 1 N–H and O–H groups in total. The minimum Gasteiger partial charge on any atom is -0.459 e. The molecule has 1 amide bonds. The lowest BCUT2D eigenvalue weighted by Gasteiger charge is -2.17. The summed E-state index contributed by atoms with van der Waals surface area (Å²) in [5.41, 5.74) is 0.309. The fourth-order valence-electron chi connectivity index (χ4n) is 4.15. The number of amides is 1. The highest BCUT2D eigenvalue weighted by atomic mass is 35.5. The van der Waals surface area contributed by atoms with Crippen LogP contribution < -0.4 is 5.32 Å². The van der Waals surface area contributed by atoms with Gasteiger partial charge in [0.25, 0.3) is 0 Å². The van der Waals surface area contributed by atoms with Gasteiger partial charge in [-0.2, -0.15) is 18.3 Å². The molecule has 0 spiro atoms. The second kappa shape index (κ2) is 9.53. The summed E-state index contributed by atoms with van der Waals surface area (Å²) in [7, 11) is 0. The molecule has 0 radical (unpaired) electrons. The lowest BCUT2D eigenvalue weighted by atomic mass is 9.95. The van der Waals surface area contributed by atoms with Crippen LogP contribution in [0.25, 0.3) is 0 Å². The van der Waals surface area contributed by atoms with Gasteiger partial charge in [-0.3, -0.25) is 9.48 Å². The number of thiophene rings is 1. The van der Waals surface area contributed by atoms with Crippen LogP contribution in [0.5, 0.6) is 0 Å². The second-order valence-electron chi connectivity index (χ2n) is 8.97. The molecule has 2 aromatic heterocycles. The lowest BCUT2D eigenvalue weighted by Crippen LogP contribution is -2.27. The molecule has 1 saturated carbocycles. The first-order chi connectivity index (χ1) is 16.0. The van der Waals surface area contributed by atoms with E-state index in [9.17, 15) is 22.8 Å². The van der Waals surface area contributed by atoms with Gasteiger partial charge < -0.3 is 10.1 Å². The quantitative estimate of drug-likeness (QED) is 0.424. The van der Waals surface area contributed by atoms with E-state index in [0.717, 1.165) is 40.8 Å². The highest BCUT2D eigenvalue weighted by Gasteiger charge is 2.43. The summed E-state index contributed by atoms with van der Waals surface area (Å²) in [5, 5.41) is 6.40. The number of nitrogens with one attached hydrogen (secondary N) is 1. The summed E-state index contributed by atoms with van der Waals surface area (Å²) in [4.78, 5) is 27.2. The fraction of sp³-hybridized carbons (Fsp3) is 0.609. The van der Waals surface area contributed by atoms with Gasteiger partial charge in [-0.1, -0.05) is 18.5 Å². The summed E-state index contributed by atoms with van der Waals surface area (Å²) in [6.07, 6.45) is 0.511. The van der Waals surface area contributed by atoms with Crippen LogP contribution in [0.3, 0.4) is 0 Å². The van der Waals surface area contributed by atoms with Crippen molar-refractivity contribution < 1.29 is 27.5 Å². The van der Waals surface area contributed by atoms with Crippen LogP contribution in [0.4, 0.5) is 18.2 Å². The van der Waals surface area contributed by atoms with Crippen molar-refractivity contribution >= 4 is 39.8 Å². The van der Waals surface area contributed by atoms with Gasteiger partial charge in [-0.25, -0.2) is 4.79 Å². The molecule has 11 heteroatoms. The summed E-state index contributed by atoms with van der Waals surface area (Å²) < 4.78 is 46.9. The summed E-state index contributed by atoms with van der Waals surface area (Å²) in [6.45, 7) is 5.19. The van der Waals surface area contributed by atoms with Crippen molar-refractivity contribution in [1.82, 2.24) is 9.78 Å². The molecule has 2 atom stereocenters. The number of anilines is 1. The number of carbonyl (C=O) groups is 2. The molecule has 2 aliphatic rings. The van der Waals surface area contributed by atoms with E-state index in [-0.39, 0.29) is 17.7 Å². The summed E-state index contributed by atoms with van der Waals surface area (Å²) in [5.74, 6) is -1.20. The smallest absolute Gasteiger partial charge is 0.436 e. The van der Waals surface area contributed by atoms with Gasteiger partial charge in [0.05, 0.1) is 22.4 Å². The standard InChI is InChI=1S/C23H27ClF3N3O3S/c1-4-11(2)33-22(32)16-14-7-5-6-8-15(14)34-21(16)28-20(31)12(3)30-18(13-9-10-13)17(24)19(29-30)23(25,26)27/h11-13H,4-10H2,1-3H3,(H,28,31). The van der Waals surface area contributed by atoms with E-state index in [2.05, 4.69) is 10.4 Å². The lowest BCUT2D eigenvalue weighted by molar-refractivity contribution is -0.141. The minimum atomic E-state index is -4.72. The van der Waals surface area contributed by atoms with Gasteiger partial charge in [0.2, 0.25) is 5.91 Å². The zero-order chi connectivity index (χ0) is 24.8. The highest BCUT2D eigenvalue weighted by Crippen LogP contribution is 2.48. The van der Waals surface area contributed by atoms with Crippen LogP contribution in [0.2, 0.25) is 5.02 Å². The van der Waals surface area contributed by atoms with Crippen molar-refractivity contribution in [3.63, 3.8) is 0 Å². The first kappa shape index (κ1) is 25.0. The molecule has 0 saturated heterocycles. The first-order valence-electron chi connectivity index (χ1n) is 11.5. The van der Waals surface area contributed by atoms with E-state index < -0.39 is 34.8 Å². The molecule has 0 aromatic carbocycles.